The van der Waals surface area contributed by atoms with Crippen LogP contribution in [0.3, 0.4) is 0 Å². The number of ether oxygens (including phenoxy) is 2. The molecule has 0 spiro atoms. The second-order valence-electron chi connectivity index (χ2n) is 7.29. The lowest BCUT2D eigenvalue weighted by Gasteiger charge is -2.14. The molecular formula is C25H22Cl2IN3O4. The predicted octanol–water partition coefficient (Wildman–Crippen LogP) is 6.09. The number of carbonyl (C=O) groups excluding carboxylic acids is 2. The van der Waals surface area contributed by atoms with Crippen molar-refractivity contribution >= 4 is 69.5 Å². The van der Waals surface area contributed by atoms with E-state index in [2.05, 4.69) is 38.4 Å². The van der Waals surface area contributed by atoms with Crippen molar-refractivity contribution in [2.45, 2.75) is 13.8 Å². The molecule has 0 saturated heterocycles. The van der Waals surface area contributed by atoms with Gasteiger partial charge in [0.25, 0.3) is 11.8 Å². The largest absolute Gasteiger partial charge is 0.490 e. The van der Waals surface area contributed by atoms with E-state index in [0.29, 0.717) is 48.5 Å². The Labute approximate surface area is 226 Å². The summed E-state index contributed by atoms with van der Waals surface area (Å²) in [5, 5.41) is 7.48. The number of hydrogen-bond acceptors (Lipinski definition) is 5. The number of carbonyl (C=O) groups is 2. The van der Waals surface area contributed by atoms with Crippen molar-refractivity contribution < 1.29 is 19.1 Å². The molecule has 0 atom stereocenters. The number of hydrogen-bond donors (Lipinski definition) is 2. The minimum atomic E-state index is -0.369. The fourth-order valence-electron chi connectivity index (χ4n) is 2.91. The third kappa shape index (κ3) is 7.84. The van der Waals surface area contributed by atoms with Crippen LogP contribution in [0.5, 0.6) is 11.5 Å². The van der Waals surface area contributed by atoms with Gasteiger partial charge in [-0.3, -0.25) is 9.59 Å². The normalized spacial score (nSPS) is 10.8. The molecule has 3 rings (SSSR count). The molecule has 0 aliphatic carbocycles. The van der Waals surface area contributed by atoms with Gasteiger partial charge in [-0.25, -0.2) is 5.43 Å². The van der Waals surface area contributed by atoms with Crippen molar-refractivity contribution in [3.8, 4) is 11.5 Å². The van der Waals surface area contributed by atoms with Gasteiger partial charge >= 0.3 is 0 Å². The summed E-state index contributed by atoms with van der Waals surface area (Å²) in [7, 11) is 0. The average molecular weight is 626 g/mol. The van der Waals surface area contributed by atoms with Gasteiger partial charge in [0.1, 0.15) is 0 Å². The maximum absolute atomic E-state index is 12.4. The Balaban J connectivity index is 1.65. The van der Waals surface area contributed by atoms with E-state index in [1.165, 1.54) is 6.21 Å². The molecule has 0 aliphatic heterocycles. The molecule has 2 N–H and O–H groups in total. The molecule has 0 unspecified atom stereocenters. The van der Waals surface area contributed by atoms with E-state index < -0.39 is 0 Å². The summed E-state index contributed by atoms with van der Waals surface area (Å²) in [6, 6.07) is 15.5. The van der Waals surface area contributed by atoms with Crippen molar-refractivity contribution in [3.63, 3.8) is 0 Å². The minimum absolute atomic E-state index is 0.240. The van der Waals surface area contributed by atoms with E-state index in [9.17, 15) is 9.59 Å². The maximum atomic E-state index is 12.4. The molecule has 35 heavy (non-hydrogen) atoms. The highest BCUT2D eigenvalue weighted by Crippen LogP contribution is 2.34. The van der Waals surface area contributed by atoms with Crippen LogP contribution in [0, 0.1) is 10.5 Å². The predicted molar refractivity (Wildman–Crippen MR) is 147 cm³/mol. The number of aryl methyl sites for hydroxylation is 1. The molecular weight excluding hydrogens is 604 g/mol. The van der Waals surface area contributed by atoms with E-state index in [4.69, 9.17) is 32.7 Å². The Morgan fingerprint density at radius 2 is 1.77 bits per heavy atom. The lowest BCUT2D eigenvalue weighted by molar-refractivity contribution is -0.118. The highest BCUT2D eigenvalue weighted by molar-refractivity contribution is 14.1. The van der Waals surface area contributed by atoms with Crippen LogP contribution in [0.15, 0.2) is 59.7 Å². The smallest absolute Gasteiger partial charge is 0.271 e. The first-order chi connectivity index (χ1) is 16.8. The number of halogens is 3. The third-order valence-electron chi connectivity index (χ3n) is 4.58. The van der Waals surface area contributed by atoms with Gasteiger partial charge in [-0.05, 0) is 84.5 Å². The van der Waals surface area contributed by atoms with Crippen molar-refractivity contribution in [3.05, 3.63) is 84.9 Å². The summed E-state index contributed by atoms with van der Waals surface area (Å²) in [5.74, 6) is 0.200. The quantitative estimate of drug-likeness (QED) is 0.171. The van der Waals surface area contributed by atoms with Crippen molar-refractivity contribution in [1.82, 2.24) is 5.43 Å². The maximum Gasteiger partial charge on any atom is 0.271 e. The summed E-state index contributed by atoms with van der Waals surface area (Å²) in [4.78, 5) is 24.6. The minimum Gasteiger partial charge on any atom is -0.490 e. The summed E-state index contributed by atoms with van der Waals surface area (Å²) in [6.07, 6.45) is 1.51. The van der Waals surface area contributed by atoms with Crippen molar-refractivity contribution in [2.75, 3.05) is 18.5 Å². The SMILES string of the molecule is CCOc1cc(/C=N/NC(=O)c2ccc(C)cc2)cc(I)c1OCC(=O)Nc1ccc(Cl)c(Cl)c1. The zero-order chi connectivity index (χ0) is 25.4. The highest BCUT2D eigenvalue weighted by Gasteiger charge is 2.14. The summed E-state index contributed by atoms with van der Waals surface area (Å²) < 4.78 is 12.2. The van der Waals surface area contributed by atoms with Gasteiger partial charge in [0.15, 0.2) is 18.1 Å². The number of anilines is 1. The van der Waals surface area contributed by atoms with E-state index in [0.717, 1.165) is 5.56 Å². The summed E-state index contributed by atoms with van der Waals surface area (Å²) >= 11 is 14.0. The lowest BCUT2D eigenvalue weighted by Crippen LogP contribution is -2.20. The van der Waals surface area contributed by atoms with Gasteiger partial charge < -0.3 is 14.8 Å². The molecule has 0 fully saturated rings. The van der Waals surface area contributed by atoms with E-state index >= 15 is 0 Å². The van der Waals surface area contributed by atoms with Crippen molar-refractivity contribution in [1.29, 1.82) is 0 Å². The summed E-state index contributed by atoms with van der Waals surface area (Å²) in [5.41, 5.74) is 5.29. The monoisotopic (exact) mass is 625 g/mol. The molecule has 0 aliphatic rings. The highest BCUT2D eigenvalue weighted by atomic mass is 127. The Kier molecular flexibility index (Phi) is 9.76. The first kappa shape index (κ1) is 26.8. The Bertz CT molecular complexity index is 1250. The number of nitrogens with one attached hydrogen (secondary N) is 2. The number of nitrogens with zero attached hydrogens (tertiary/aromatic N) is 1. The molecule has 0 radical (unpaired) electrons. The van der Waals surface area contributed by atoms with Crippen LogP contribution < -0.4 is 20.2 Å². The molecule has 0 bridgehead atoms. The first-order valence-electron chi connectivity index (χ1n) is 10.5. The topological polar surface area (TPSA) is 89.0 Å². The second-order valence-corrected chi connectivity index (χ2v) is 9.27. The standard InChI is InChI=1S/C25H22Cl2IN3O4/c1-3-34-22-11-16(13-29-31-25(33)17-6-4-15(2)5-7-17)10-21(28)24(22)35-14-23(32)30-18-8-9-19(26)20(27)12-18/h4-13H,3,14H2,1-2H3,(H,30,32)(H,31,33)/b29-13+. The molecule has 7 nitrogen and oxygen atoms in total. The van der Waals surface area contributed by atoms with Gasteiger partial charge in [0.2, 0.25) is 0 Å². The molecule has 3 aromatic rings. The number of benzene rings is 3. The third-order valence-corrected chi connectivity index (χ3v) is 6.12. The van der Waals surface area contributed by atoms with E-state index in [-0.39, 0.29) is 18.4 Å². The van der Waals surface area contributed by atoms with Gasteiger partial charge in [-0.15, -0.1) is 0 Å². The van der Waals surface area contributed by atoms with Crippen LogP contribution in [0.25, 0.3) is 0 Å². The Morgan fingerprint density at radius 1 is 1.03 bits per heavy atom. The molecule has 10 heteroatoms. The van der Waals surface area contributed by atoms with Crippen molar-refractivity contribution in [2.24, 2.45) is 5.10 Å². The average Bonchev–Trinajstić information content (AvgIpc) is 2.81. The lowest BCUT2D eigenvalue weighted by atomic mass is 10.1. The zero-order valence-corrected chi connectivity index (χ0v) is 22.6. The Hall–Kier alpha value is -2.82. The van der Waals surface area contributed by atoms with Gasteiger partial charge in [-0.1, -0.05) is 40.9 Å². The van der Waals surface area contributed by atoms with Crippen LogP contribution in [0.2, 0.25) is 10.0 Å². The second kappa shape index (κ2) is 12.8. The van der Waals surface area contributed by atoms with Gasteiger partial charge in [0.05, 0.1) is 26.4 Å². The van der Waals surface area contributed by atoms with E-state index in [1.54, 1.807) is 42.5 Å². The van der Waals surface area contributed by atoms with Gasteiger partial charge in [0, 0.05) is 11.3 Å². The molecule has 3 aromatic carbocycles. The molecule has 0 saturated carbocycles. The fourth-order valence-corrected chi connectivity index (χ4v) is 3.99. The zero-order valence-electron chi connectivity index (χ0n) is 18.9. The molecule has 182 valence electrons. The molecule has 2 amide bonds. The summed E-state index contributed by atoms with van der Waals surface area (Å²) in [6.45, 7) is 3.95. The van der Waals surface area contributed by atoms with Crippen LogP contribution in [-0.4, -0.2) is 31.2 Å². The van der Waals surface area contributed by atoms with Crippen LogP contribution in [0.4, 0.5) is 5.69 Å². The van der Waals surface area contributed by atoms with Gasteiger partial charge in [-0.2, -0.15) is 5.10 Å². The molecule has 0 heterocycles. The van der Waals surface area contributed by atoms with Crippen LogP contribution >= 0.6 is 45.8 Å². The first-order valence-corrected chi connectivity index (χ1v) is 12.3. The Morgan fingerprint density at radius 3 is 2.46 bits per heavy atom. The number of rotatable bonds is 9. The van der Waals surface area contributed by atoms with Crippen LogP contribution in [-0.2, 0) is 4.79 Å². The molecule has 0 aromatic heterocycles. The fraction of sp³-hybridized carbons (Fsp3) is 0.160. The van der Waals surface area contributed by atoms with E-state index in [1.807, 2.05) is 26.0 Å². The number of hydrazone groups is 1. The number of amides is 2. The van der Waals surface area contributed by atoms with Crippen LogP contribution in [0.1, 0.15) is 28.4 Å².